The quantitative estimate of drug-likeness (QED) is 0.416. The first-order chi connectivity index (χ1) is 12.3. The second kappa shape index (κ2) is 6.78. The van der Waals surface area contributed by atoms with Crippen LogP contribution >= 0.6 is 0 Å². The van der Waals surface area contributed by atoms with Crippen LogP contribution in [0.1, 0.15) is 23.6 Å². The van der Waals surface area contributed by atoms with Gasteiger partial charge in [-0.1, -0.05) is 73.7 Å². The van der Waals surface area contributed by atoms with Gasteiger partial charge >= 0.3 is 0 Å². The molecule has 0 spiro atoms. The van der Waals surface area contributed by atoms with Crippen molar-refractivity contribution in [2.75, 3.05) is 0 Å². The summed E-state index contributed by atoms with van der Waals surface area (Å²) in [5.74, 6) is 0.671. The summed E-state index contributed by atoms with van der Waals surface area (Å²) in [6, 6.07) is 24.5. The Morgan fingerprint density at radius 1 is 0.840 bits per heavy atom. The highest BCUT2D eigenvalue weighted by molar-refractivity contribution is 5.83. The summed E-state index contributed by atoms with van der Waals surface area (Å²) in [4.78, 5) is 4.67. The van der Waals surface area contributed by atoms with E-state index in [1.807, 2.05) is 42.5 Å². The van der Waals surface area contributed by atoms with Gasteiger partial charge in [0.05, 0.1) is 0 Å². The highest BCUT2D eigenvalue weighted by atomic mass is 16.3. The monoisotopic (exact) mass is 325 g/mol. The zero-order chi connectivity index (χ0) is 17.1. The molecule has 0 unspecified atom stereocenters. The molecular weight excluding hydrogens is 306 g/mol. The van der Waals surface area contributed by atoms with E-state index in [0.29, 0.717) is 5.89 Å². The maximum atomic E-state index is 6.00. The van der Waals surface area contributed by atoms with Crippen LogP contribution in [0.5, 0.6) is 0 Å². The molecule has 0 N–H and O–H groups in total. The Labute approximate surface area is 147 Å². The topological polar surface area (TPSA) is 26.0 Å². The lowest BCUT2D eigenvalue weighted by Crippen LogP contribution is -1.91. The van der Waals surface area contributed by atoms with E-state index >= 15 is 0 Å². The second-order valence-corrected chi connectivity index (χ2v) is 5.96. The van der Waals surface area contributed by atoms with Gasteiger partial charge in [0.15, 0.2) is 5.58 Å². The molecule has 2 nitrogen and oxygen atoms in total. The van der Waals surface area contributed by atoms with Crippen LogP contribution in [0, 0.1) is 0 Å². The molecule has 0 saturated carbocycles. The van der Waals surface area contributed by atoms with E-state index in [-0.39, 0.29) is 0 Å². The first-order valence-corrected chi connectivity index (χ1v) is 8.56. The van der Waals surface area contributed by atoms with Crippen molar-refractivity contribution in [3.8, 4) is 11.5 Å². The summed E-state index contributed by atoms with van der Waals surface area (Å²) in [7, 11) is 0. The van der Waals surface area contributed by atoms with Crippen LogP contribution < -0.4 is 0 Å². The average molecular weight is 325 g/mol. The standard InChI is InChI=1S/C23H19NO/c1-2-18-11-8-12-20(19(18)16-15-17-9-4-3-5-10-17)23-24-21-13-6-7-14-22(21)25-23/h3-16H,2H2,1H3. The van der Waals surface area contributed by atoms with Gasteiger partial charge in [-0.2, -0.15) is 0 Å². The lowest BCUT2D eigenvalue weighted by atomic mass is 9.98. The number of hydrogen-bond donors (Lipinski definition) is 0. The zero-order valence-electron chi connectivity index (χ0n) is 14.1. The third-order valence-electron chi connectivity index (χ3n) is 4.34. The van der Waals surface area contributed by atoms with Crippen molar-refractivity contribution < 1.29 is 4.42 Å². The minimum absolute atomic E-state index is 0.671. The minimum Gasteiger partial charge on any atom is -0.436 e. The Kier molecular flexibility index (Phi) is 4.17. The fraction of sp³-hybridized carbons (Fsp3) is 0.0870. The summed E-state index contributed by atoms with van der Waals surface area (Å²) in [6.45, 7) is 2.17. The molecule has 0 radical (unpaired) electrons. The van der Waals surface area contributed by atoms with Crippen molar-refractivity contribution >= 4 is 23.3 Å². The smallest absolute Gasteiger partial charge is 0.227 e. The van der Waals surface area contributed by atoms with Crippen molar-refractivity contribution in [2.24, 2.45) is 0 Å². The van der Waals surface area contributed by atoms with E-state index in [9.17, 15) is 0 Å². The number of rotatable bonds is 4. The number of aromatic nitrogens is 1. The molecule has 0 aliphatic heterocycles. The Morgan fingerprint density at radius 3 is 2.44 bits per heavy atom. The number of nitrogens with zero attached hydrogens (tertiary/aromatic N) is 1. The fourth-order valence-electron chi connectivity index (χ4n) is 3.04. The van der Waals surface area contributed by atoms with Gasteiger partial charge in [-0.3, -0.25) is 0 Å². The van der Waals surface area contributed by atoms with Gasteiger partial charge in [-0.25, -0.2) is 4.98 Å². The van der Waals surface area contributed by atoms with Crippen molar-refractivity contribution in [1.82, 2.24) is 4.98 Å². The molecule has 0 amide bonds. The molecular formula is C23H19NO. The van der Waals surface area contributed by atoms with E-state index < -0.39 is 0 Å². The van der Waals surface area contributed by atoms with Crippen LogP contribution in [0.3, 0.4) is 0 Å². The van der Waals surface area contributed by atoms with Crippen LogP contribution in [0.25, 0.3) is 34.7 Å². The predicted molar refractivity (Wildman–Crippen MR) is 104 cm³/mol. The zero-order valence-corrected chi connectivity index (χ0v) is 14.1. The molecule has 0 saturated heterocycles. The van der Waals surface area contributed by atoms with Gasteiger partial charge in [-0.15, -0.1) is 0 Å². The van der Waals surface area contributed by atoms with E-state index in [1.165, 1.54) is 16.7 Å². The number of oxazole rings is 1. The lowest BCUT2D eigenvalue weighted by molar-refractivity contribution is 0.619. The van der Waals surface area contributed by atoms with Gasteiger partial charge < -0.3 is 4.42 Å². The number of fused-ring (bicyclic) bond motifs is 1. The van der Waals surface area contributed by atoms with Gasteiger partial charge in [-0.05, 0) is 41.3 Å². The molecule has 25 heavy (non-hydrogen) atoms. The molecule has 1 aromatic heterocycles. The summed E-state index contributed by atoms with van der Waals surface area (Å²) in [5.41, 5.74) is 6.36. The molecule has 122 valence electrons. The molecule has 3 aromatic carbocycles. The van der Waals surface area contributed by atoms with Crippen molar-refractivity contribution in [1.29, 1.82) is 0 Å². The third kappa shape index (κ3) is 3.11. The highest BCUT2D eigenvalue weighted by Gasteiger charge is 2.13. The lowest BCUT2D eigenvalue weighted by Gasteiger charge is -2.08. The van der Waals surface area contributed by atoms with E-state index in [0.717, 1.165) is 23.1 Å². The molecule has 1 heterocycles. The molecule has 4 aromatic rings. The molecule has 2 heteroatoms. The maximum Gasteiger partial charge on any atom is 0.227 e. The summed E-state index contributed by atoms with van der Waals surface area (Å²) in [6.07, 6.45) is 5.27. The first-order valence-electron chi connectivity index (χ1n) is 8.56. The maximum absolute atomic E-state index is 6.00. The number of benzene rings is 3. The molecule has 0 aliphatic carbocycles. The second-order valence-electron chi connectivity index (χ2n) is 5.96. The summed E-state index contributed by atoms with van der Waals surface area (Å²) >= 11 is 0. The average Bonchev–Trinajstić information content (AvgIpc) is 3.11. The van der Waals surface area contributed by atoms with Gasteiger partial charge in [0.25, 0.3) is 0 Å². The molecule has 4 rings (SSSR count). The third-order valence-corrected chi connectivity index (χ3v) is 4.34. The van der Waals surface area contributed by atoms with Crippen LogP contribution in [0.4, 0.5) is 0 Å². The number of para-hydroxylation sites is 2. The highest BCUT2D eigenvalue weighted by Crippen LogP contribution is 2.30. The van der Waals surface area contributed by atoms with E-state index in [1.54, 1.807) is 0 Å². The van der Waals surface area contributed by atoms with Crippen molar-refractivity contribution in [3.63, 3.8) is 0 Å². The number of hydrogen-bond acceptors (Lipinski definition) is 2. The fourth-order valence-corrected chi connectivity index (χ4v) is 3.04. The van der Waals surface area contributed by atoms with Crippen LogP contribution in [-0.2, 0) is 6.42 Å². The van der Waals surface area contributed by atoms with Crippen LogP contribution in [0.15, 0.2) is 77.2 Å². The predicted octanol–water partition coefficient (Wildman–Crippen LogP) is 6.23. The Bertz CT molecular complexity index is 995. The van der Waals surface area contributed by atoms with Crippen molar-refractivity contribution in [2.45, 2.75) is 13.3 Å². The van der Waals surface area contributed by atoms with E-state index in [4.69, 9.17) is 4.42 Å². The van der Waals surface area contributed by atoms with Crippen molar-refractivity contribution in [3.05, 3.63) is 89.5 Å². The Hall–Kier alpha value is -3.13. The normalized spacial score (nSPS) is 11.4. The SMILES string of the molecule is CCc1cccc(-c2nc3ccccc3o2)c1C=Cc1ccccc1. The molecule has 0 fully saturated rings. The minimum atomic E-state index is 0.671. The molecule has 0 bridgehead atoms. The van der Waals surface area contributed by atoms with Gasteiger partial charge in [0.1, 0.15) is 5.52 Å². The number of aryl methyl sites for hydroxylation is 1. The molecule has 0 atom stereocenters. The van der Waals surface area contributed by atoms with E-state index in [2.05, 4.69) is 54.4 Å². The van der Waals surface area contributed by atoms with Gasteiger partial charge in [0.2, 0.25) is 5.89 Å². The van der Waals surface area contributed by atoms with Crippen LogP contribution in [0.2, 0.25) is 0 Å². The molecule has 0 aliphatic rings. The summed E-state index contributed by atoms with van der Waals surface area (Å²) < 4.78 is 6.00. The first kappa shape index (κ1) is 15.4. The largest absolute Gasteiger partial charge is 0.436 e. The van der Waals surface area contributed by atoms with Crippen LogP contribution in [-0.4, -0.2) is 4.98 Å². The Balaban J connectivity index is 1.83. The Morgan fingerprint density at radius 2 is 1.64 bits per heavy atom. The van der Waals surface area contributed by atoms with Gasteiger partial charge in [0, 0.05) is 5.56 Å². The summed E-state index contributed by atoms with van der Waals surface area (Å²) in [5, 5.41) is 0.